The highest BCUT2D eigenvalue weighted by molar-refractivity contribution is 7.90. The Hall–Kier alpha value is -2.81. The molecule has 1 aromatic carbocycles. The molecule has 4 rings (SSSR count). The van der Waals surface area contributed by atoms with E-state index in [0.29, 0.717) is 37.4 Å². The summed E-state index contributed by atoms with van der Waals surface area (Å²) in [5, 5.41) is 4.19. The molecular formula is C20H23N5O3S. The standard InChI is InChI=1S/C20H23N5O3S/c1-29(27,28)17-12-21-20-22-14-23-25(20)19(17)16-8-5-11-24(13-16)18(26)10-9-15-6-3-2-4-7-15/h2-4,6-7,12,14,16H,5,8-11,13H2,1H3. The lowest BCUT2D eigenvalue weighted by atomic mass is 9.94. The summed E-state index contributed by atoms with van der Waals surface area (Å²) < 4.78 is 26.2. The highest BCUT2D eigenvalue weighted by atomic mass is 32.2. The van der Waals surface area contributed by atoms with Crippen molar-refractivity contribution in [3.05, 3.63) is 54.1 Å². The zero-order valence-electron chi connectivity index (χ0n) is 16.2. The summed E-state index contributed by atoms with van der Waals surface area (Å²) in [6.45, 7) is 1.15. The van der Waals surface area contributed by atoms with Crippen LogP contribution in [0.15, 0.2) is 47.8 Å². The highest BCUT2D eigenvalue weighted by Gasteiger charge is 2.31. The van der Waals surface area contributed by atoms with Crippen molar-refractivity contribution >= 4 is 21.5 Å². The summed E-state index contributed by atoms with van der Waals surface area (Å²) in [5.74, 6) is 0.310. The molecule has 29 heavy (non-hydrogen) atoms. The zero-order chi connectivity index (χ0) is 20.4. The third kappa shape index (κ3) is 4.14. The number of likely N-dealkylation sites (tertiary alicyclic amines) is 1. The maximum absolute atomic E-state index is 12.8. The zero-order valence-corrected chi connectivity index (χ0v) is 17.0. The van der Waals surface area contributed by atoms with Gasteiger partial charge in [-0.1, -0.05) is 30.3 Å². The van der Waals surface area contributed by atoms with Crippen LogP contribution in [0.3, 0.4) is 0 Å². The number of carbonyl (C=O) groups is 1. The van der Waals surface area contributed by atoms with Gasteiger partial charge in [-0.15, -0.1) is 0 Å². The first-order chi connectivity index (χ1) is 13.9. The van der Waals surface area contributed by atoms with Crippen LogP contribution < -0.4 is 0 Å². The largest absolute Gasteiger partial charge is 0.342 e. The topological polar surface area (TPSA) is 97.5 Å². The molecule has 9 heteroatoms. The van der Waals surface area contributed by atoms with Crippen LogP contribution in [0.1, 0.15) is 36.4 Å². The van der Waals surface area contributed by atoms with Gasteiger partial charge in [0.2, 0.25) is 5.91 Å². The van der Waals surface area contributed by atoms with Crippen molar-refractivity contribution in [3.8, 4) is 0 Å². The first-order valence-corrected chi connectivity index (χ1v) is 11.5. The molecule has 152 valence electrons. The Balaban J connectivity index is 1.57. The Labute approximate surface area is 169 Å². The van der Waals surface area contributed by atoms with Crippen molar-refractivity contribution < 1.29 is 13.2 Å². The van der Waals surface area contributed by atoms with E-state index < -0.39 is 9.84 Å². The number of hydrogen-bond acceptors (Lipinski definition) is 6. The van der Waals surface area contributed by atoms with Gasteiger partial charge in [0.25, 0.3) is 5.78 Å². The number of aryl methyl sites for hydroxylation is 1. The molecule has 0 aliphatic carbocycles. The average molecular weight is 414 g/mol. The van der Waals surface area contributed by atoms with Crippen molar-refractivity contribution in [1.82, 2.24) is 24.5 Å². The Morgan fingerprint density at radius 3 is 2.76 bits per heavy atom. The van der Waals surface area contributed by atoms with E-state index in [4.69, 9.17) is 0 Å². The van der Waals surface area contributed by atoms with Crippen LogP contribution in [-0.4, -0.2) is 58.2 Å². The van der Waals surface area contributed by atoms with E-state index in [2.05, 4.69) is 15.1 Å². The number of carbonyl (C=O) groups excluding carboxylic acids is 1. The number of sulfone groups is 1. The molecule has 3 heterocycles. The van der Waals surface area contributed by atoms with Gasteiger partial charge in [-0.05, 0) is 24.8 Å². The minimum Gasteiger partial charge on any atom is -0.342 e. The third-order valence-electron chi connectivity index (χ3n) is 5.34. The second-order valence-corrected chi connectivity index (χ2v) is 9.40. The van der Waals surface area contributed by atoms with Gasteiger partial charge in [0.15, 0.2) is 9.84 Å². The van der Waals surface area contributed by atoms with E-state index in [1.54, 1.807) is 0 Å². The first-order valence-electron chi connectivity index (χ1n) is 9.64. The van der Waals surface area contributed by atoms with Gasteiger partial charge in [0.05, 0.1) is 11.9 Å². The Bertz CT molecular complexity index is 1130. The molecule has 0 bridgehead atoms. The molecule has 0 saturated carbocycles. The number of rotatable bonds is 5. The summed E-state index contributed by atoms with van der Waals surface area (Å²) in [4.78, 5) is 23.0. The Kier molecular flexibility index (Phi) is 5.31. The predicted octanol–water partition coefficient (Wildman–Crippen LogP) is 1.87. The van der Waals surface area contributed by atoms with Crippen LogP contribution >= 0.6 is 0 Å². The molecule has 8 nitrogen and oxygen atoms in total. The van der Waals surface area contributed by atoms with Crippen LogP contribution in [0.4, 0.5) is 0 Å². The second kappa shape index (κ2) is 7.90. The quantitative estimate of drug-likeness (QED) is 0.633. The lowest BCUT2D eigenvalue weighted by Gasteiger charge is -2.33. The number of nitrogens with zero attached hydrogens (tertiary/aromatic N) is 5. The fourth-order valence-electron chi connectivity index (χ4n) is 3.92. The molecule has 0 N–H and O–H groups in total. The minimum atomic E-state index is -3.49. The van der Waals surface area contributed by atoms with Crippen LogP contribution in [0, 0.1) is 0 Å². The number of amides is 1. The molecule has 0 spiro atoms. The van der Waals surface area contributed by atoms with Gasteiger partial charge in [-0.25, -0.2) is 13.4 Å². The monoisotopic (exact) mass is 413 g/mol. The van der Waals surface area contributed by atoms with E-state index in [1.165, 1.54) is 23.3 Å². The van der Waals surface area contributed by atoms with Gasteiger partial charge in [0.1, 0.15) is 11.2 Å². The molecule has 0 radical (unpaired) electrons. The summed E-state index contributed by atoms with van der Waals surface area (Å²) in [7, 11) is -3.49. The van der Waals surface area contributed by atoms with Crippen molar-refractivity contribution in [1.29, 1.82) is 0 Å². The normalized spacial score (nSPS) is 17.6. The fourth-order valence-corrected chi connectivity index (χ4v) is 4.80. The van der Waals surface area contributed by atoms with Gasteiger partial charge >= 0.3 is 0 Å². The second-order valence-electron chi connectivity index (χ2n) is 7.42. The molecule has 3 aromatic rings. The van der Waals surface area contributed by atoms with E-state index in [-0.39, 0.29) is 16.7 Å². The molecule has 1 fully saturated rings. The molecule has 1 atom stereocenters. The maximum atomic E-state index is 12.8. The van der Waals surface area contributed by atoms with Crippen molar-refractivity contribution in [2.75, 3.05) is 19.3 Å². The molecule has 1 aliphatic heterocycles. The highest BCUT2D eigenvalue weighted by Crippen LogP contribution is 2.31. The number of hydrogen-bond donors (Lipinski definition) is 0. The van der Waals surface area contributed by atoms with Crippen molar-refractivity contribution in [2.24, 2.45) is 0 Å². The summed E-state index contributed by atoms with van der Waals surface area (Å²) in [6.07, 6.45) is 6.60. The molecule has 1 aliphatic rings. The lowest BCUT2D eigenvalue weighted by molar-refractivity contribution is -0.132. The van der Waals surface area contributed by atoms with Gasteiger partial charge in [0, 0.05) is 31.7 Å². The van der Waals surface area contributed by atoms with E-state index in [0.717, 1.165) is 18.4 Å². The van der Waals surface area contributed by atoms with Gasteiger partial charge < -0.3 is 4.90 Å². The molecular weight excluding hydrogens is 390 g/mol. The predicted molar refractivity (Wildman–Crippen MR) is 107 cm³/mol. The molecule has 2 aromatic heterocycles. The van der Waals surface area contributed by atoms with Crippen LogP contribution in [0.2, 0.25) is 0 Å². The maximum Gasteiger partial charge on any atom is 0.252 e. The van der Waals surface area contributed by atoms with Crippen LogP contribution in [0.5, 0.6) is 0 Å². The van der Waals surface area contributed by atoms with Crippen LogP contribution in [-0.2, 0) is 21.1 Å². The summed E-state index contributed by atoms with van der Waals surface area (Å²) in [5.41, 5.74) is 1.70. The van der Waals surface area contributed by atoms with Gasteiger partial charge in [-0.2, -0.15) is 14.6 Å². The molecule has 1 saturated heterocycles. The van der Waals surface area contributed by atoms with Crippen LogP contribution in [0.25, 0.3) is 5.78 Å². The van der Waals surface area contributed by atoms with E-state index in [9.17, 15) is 13.2 Å². The van der Waals surface area contributed by atoms with Crippen molar-refractivity contribution in [2.45, 2.75) is 36.5 Å². The lowest BCUT2D eigenvalue weighted by Crippen LogP contribution is -2.40. The molecule has 1 amide bonds. The van der Waals surface area contributed by atoms with Gasteiger partial charge in [-0.3, -0.25) is 4.79 Å². The SMILES string of the molecule is CS(=O)(=O)c1cnc2ncnn2c1C1CCCN(C(=O)CCc2ccccc2)C1. The third-order valence-corrected chi connectivity index (χ3v) is 6.45. The summed E-state index contributed by atoms with van der Waals surface area (Å²) >= 11 is 0. The fraction of sp³-hybridized carbons (Fsp3) is 0.400. The molecule has 1 unspecified atom stereocenters. The number of aromatic nitrogens is 4. The summed E-state index contributed by atoms with van der Waals surface area (Å²) in [6, 6.07) is 9.93. The van der Waals surface area contributed by atoms with E-state index in [1.807, 2.05) is 35.2 Å². The number of fused-ring (bicyclic) bond motifs is 1. The number of piperidine rings is 1. The number of benzene rings is 1. The van der Waals surface area contributed by atoms with E-state index >= 15 is 0 Å². The Morgan fingerprint density at radius 1 is 1.21 bits per heavy atom. The smallest absolute Gasteiger partial charge is 0.252 e. The minimum absolute atomic E-state index is 0.0864. The average Bonchev–Trinajstić information content (AvgIpc) is 3.20. The first kappa shape index (κ1) is 19.5. The Morgan fingerprint density at radius 2 is 2.00 bits per heavy atom. The van der Waals surface area contributed by atoms with Crippen molar-refractivity contribution in [3.63, 3.8) is 0 Å².